The van der Waals surface area contributed by atoms with Gasteiger partial charge in [-0.25, -0.2) is 4.79 Å². The van der Waals surface area contributed by atoms with Gasteiger partial charge in [-0.3, -0.25) is 9.69 Å². The van der Waals surface area contributed by atoms with Gasteiger partial charge in [-0.1, -0.05) is 0 Å². The Labute approximate surface area is 127 Å². The van der Waals surface area contributed by atoms with Gasteiger partial charge in [-0.05, 0) is 47.0 Å². The SMILES string of the molecule is CC(C)N(CCNC(=O)NC1(CC(=O)O)CCC1)C(C)C. The lowest BCUT2D eigenvalue weighted by Gasteiger charge is -2.41. The van der Waals surface area contributed by atoms with E-state index in [1.54, 1.807) is 0 Å². The second-order valence-electron chi connectivity index (χ2n) is 6.51. The molecule has 21 heavy (non-hydrogen) atoms. The molecule has 0 aromatic carbocycles. The van der Waals surface area contributed by atoms with E-state index >= 15 is 0 Å². The summed E-state index contributed by atoms with van der Waals surface area (Å²) >= 11 is 0. The number of urea groups is 1. The fourth-order valence-electron chi connectivity index (χ4n) is 2.94. The molecule has 0 radical (unpaired) electrons. The summed E-state index contributed by atoms with van der Waals surface area (Å²) in [7, 11) is 0. The minimum Gasteiger partial charge on any atom is -0.481 e. The van der Waals surface area contributed by atoms with E-state index in [0.29, 0.717) is 18.6 Å². The van der Waals surface area contributed by atoms with Crippen LogP contribution in [0.5, 0.6) is 0 Å². The molecule has 6 nitrogen and oxygen atoms in total. The van der Waals surface area contributed by atoms with Crippen molar-refractivity contribution in [2.75, 3.05) is 13.1 Å². The van der Waals surface area contributed by atoms with Crippen LogP contribution in [0.25, 0.3) is 0 Å². The number of aliphatic carboxylic acids is 1. The molecule has 1 rings (SSSR count). The first kappa shape index (κ1) is 17.8. The maximum atomic E-state index is 11.9. The van der Waals surface area contributed by atoms with Gasteiger partial charge in [0.05, 0.1) is 12.0 Å². The average Bonchev–Trinajstić information content (AvgIpc) is 2.30. The molecule has 0 aromatic rings. The fourth-order valence-corrected chi connectivity index (χ4v) is 2.94. The van der Waals surface area contributed by atoms with E-state index in [9.17, 15) is 9.59 Å². The molecule has 122 valence electrons. The quantitative estimate of drug-likeness (QED) is 0.638. The highest BCUT2D eigenvalue weighted by Crippen LogP contribution is 2.34. The van der Waals surface area contributed by atoms with Crippen LogP contribution in [-0.2, 0) is 4.79 Å². The minimum absolute atomic E-state index is 0.00450. The summed E-state index contributed by atoms with van der Waals surface area (Å²) in [5, 5.41) is 14.6. The molecule has 0 bridgehead atoms. The molecule has 0 unspecified atom stereocenters. The van der Waals surface area contributed by atoms with E-state index in [1.165, 1.54) is 0 Å². The fraction of sp³-hybridized carbons (Fsp3) is 0.867. The van der Waals surface area contributed by atoms with Gasteiger partial charge in [0.15, 0.2) is 0 Å². The van der Waals surface area contributed by atoms with Gasteiger partial charge in [0, 0.05) is 25.2 Å². The maximum Gasteiger partial charge on any atom is 0.315 e. The smallest absolute Gasteiger partial charge is 0.315 e. The molecule has 0 saturated heterocycles. The predicted molar refractivity (Wildman–Crippen MR) is 82.3 cm³/mol. The van der Waals surface area contributed by atoms with Crippen molar-refractivity contribution in [1.29, 1.82) is 0 Å². The van der Waals surface area contributed by atoms with Crippen molar-refractivity contribution in [2.24, 2.45) is 0 Å². The third kappa shape index (κ3) is 5.53. The topological polar surface area (TPSA) is 81.7 Å². The number of nitrogens with one attached hydrogen (secondary N) is 2. The Kier molecular flexibility index (Phi) is 6.45. The zero-order valence-electron chi connectivity index (χ0n) is 13.6. The van der Waals surface area contributed by atoms with Crippen molar-refractivity contribution in [3.05, 3.63) is 0 Å². The summed E-state index contributed by atoms with van der Waals surface area (Å²) in [6.45, 7) is 9.89. The molecule has 1 saturated carbocycles. The first-order valence-corrected chi connectivity index (χ1v) is 7.79. The molecule has 1 aliphatic rings. The van der Waals surface area contributed by atoms with Crippen molar-refractivity contribution < 1.29 is 14.7 Å². The summed E-state index contributed by atoms with van der Waals surface area (Å²) in [4.78, 5) is 25.1. The maximum absolute atomic E-state index is 11.9. The van der Waals surface area contributed by atoms with Gasteiger partial charge >= 0.3 is 12.0 Å². The van der Waals surface area contributed by atoms with Crippen molar-refractivity contribution >= 4 is 12.0 Å². The van der Waals surface area contributed by atoms with Crippen molar-refractivity contribution in [1.82, 2.24) is 15.5 Å². The Bertz CT molecular complexity index is 357. The monoisotopic (exact) mass is 299 g/mol. The lowest BCUT2D eigenvalue weighted by molar-refractivity contribution is -0.139. The molecular weight excluding hydrogens is 270 g/mol. The number of carboxylic acids is 1. The summed E-state index contributed by atoms with van der Waals surface area (Å²) in [6, 6.07) is 0.600. The Morgan fingerprint density at radius 2 is 1.76 bits per heavy atom. The molecule has 0 aliphatic heterocycles. The van der Waals surface area contributed by atoms with Gasteiger partial charge in [0.25, 0.3) is 0 Å². The van der Waals surface area contributed by atoms with Crippen LogP contribution in [0.1, 0.15) is 53.4 Å². The Balaban J connectivity index is 2.35. The summed E-state index contributed by atoms with van der Waals surface area (Å²) in [6.07, 6.45) is 2.47. The standard InChI is InChI=1S/C15H29N3O3/c1-11(2)18(12(3)4)9-8-16-14(21)17-15(6-5-7-15)10-13(19)20/h11-12H,5-10H2,1-4H3,(H,19,20)(H2,16,17,21). The number of nitrogens with zero attached hydrogens (tertiary/aromatic N) is 1. The average molecular weight is 299 g/mol. The molecule has 1 fully saturated rings. The van der Waals surface area contributed by atoms with Crippen molar-refractivity contribution in [3.63, 3.8) is 0 Å². The van der Waals surface area contributed by atoms with Crippen LogP contribution in [0.15, 0.2) is 0 Å². The number of hydrogen-bond acceptors (Lipinski definition) is 3. The number of rotatable bonds is 8. The van der Waals surface area contributed by atoms with E-state index < -0.39 is 11.5 Å². The lowest BCUT2D eigenvalue weighted by Crippen LogP contribution is -2.57. The van der Waals surface area contributed by atoms with Crippen LogP contribution in [0.2, 0.25) is 0 Å². The molecule has 0 atom stereocenters. The van der Waals surface area contributed by atoms with E-state index in [2.05, 4.69) is 43.2 Å². The Morgan fingerprint density at radius 1 is 1.19 bits per heavy atom. The van der Waals surface area contributed by atoms with Crippen LogP contribution >= 0.6 is 0 Å². The Morgan fingerprint density at radius 3 is 2.14 bits per heavy atom. The summed E-state index contributed by atoms with van der Waals surface area (Å²) < 4.78 is 0. The van der Waals surface area contributed by atoms with Gasteiger partial charge in [0.2, 0.25) is 0 Å². The highest BCUT2D eigenvalue weighted by molar-refractivity contribution is 5.77. The zero-order valence-corrected chi connectivity index (χ0v) is 13.6. The van der Waals surface area contributed by atoms with Gasteiger partial charge in [-0.15, -0.1) is 0 Å². The minimum atomic E-state index is -0.860. The largest absolute Gasteiger partial charge is 0.481 e. The zero-order chi connectivity index (χ0) is 16.0. The van der Waals surface area contributed by atoms with Crippen LogP contribution in [0.4, 0.5) is 4.79 Å². The second kappa shape index (κ2) is 7.64. The molecule has 0 heterocycles. The number of carbonyl (C=O) groups is 2. The lowest BCUT2D eigenvalue weighted by atomic mass is 9.74. The first-order chi connectivity index (χ1) is 9.76. The summed E-state index contributed by atoms with van der Waals surface area (Å²) in [5.41, 5.74) is -0.536. The van der Waals surface area contributed by atoms with Gasteiger partial charge < -0.3 is 15.7 Å². The third-order valence-electron chi connectivity index (χ3n) is 4.16. The van der Waals surface area contributed by atoms with E-state index in [4.69, 9.17) is 5.11 Å². The number of hydrogen-bond donors (Lipinski definition) is 3. The van der Waals surface area contributed by atoms with E-state index in [-0.39, 0.29) is 12.5 Å². The first-order valence-electron chi connectivity index (χ1n) is 7.79. The highest BCUT2D eigenvalue weighted by Gasteiger charge is 2.40. The molecule has 2 amide bonds. The molecule has 0 aromatic heterocycles. The molecule has 6 heteroatoms. The Hall–Kier alpha value is -1.30. The van der Waals surface area contributed by atoms with E-state index in [0.717, 1.165) is 25.8 Å². The normalized spacial score (nSPS) is 16.9. The molecule has 0 spiro atoms. The molecule has 3 N–H and O–H groups in total. The van der Waals surface area contributed by atoms with Crippen LogP contribution in [0, 0.1) is 0 Å². The van der Waals surface area contributed by atoms with Crippen molar-refractivity contribution in [3.8, 4) is 0 Å². The third-order valence-corrected chi connectivity index (χ3v) is 4.16. The number of carbonyl (C=O) groups excluding carboxylic acids is 1. The second-order valence-corrected chi connectivity index (χ2v) is 6.51. The predicted octanol–water partition coefficient (Wildman–Crippen LogP) is 1.80. The van der Waals surface area contributed by atoms with Crippen LogP contribution < -0.4 is 10.6 Å². The van der Waals surface area contributed by atoms with Crippen LogP contribution in [-0.4, -0.2) is 52.7 Å². The van der Waals surface area contributed by atoms with Crippen LogP contribution in [0.3, 0.4) is 0 Å². The molecule has 1 aliphatic carbocycles. The number of carboxylic acid groups (broad SMARTS) is 1. The highest BCUT2D eigenvalue weighted by atomic mass is 16.4. The number of amides is 2. The van der Waals surface area contributed by atoms with Gasteiger partial charge in [-0.2, -0.15) is 0 Å². The van der Waals surface area contributed by atoms with Gasteiger partial charge in [0.1, 0.15) is 0 Å². The van der Waals surface area contributed by atoms with E-state index in [1.807, 2.05) is 0 Å². The molecular formula is C15H29N3O3. The summed E-state index contributed by atoms with van der Waals surface area (Å²) in [5.74, 6) is -0.860. The van der Waals surface area contributed by atoms with Crippen molar-refractivity contribution in [2.45, 2.75) is 71.0 Å².